The van der Waals surface area contributed by atoms with Gasteiger partial charge in [0.25, 0.3) is 0 Å². The zero-order valence-corrected chi connectivity index (χ0v) is 12.0. The lowest BCUT2D eigenvalue weighted by atomic mass is 10.0. The number of halogens is 2. The van der Waals surface area contributed by atoms with E-state index in [4.69, 9.17) is 27.9 Å². The molecule has 17 heavy (non-hydrogen) atoms. The van der Waals surface area contributed by atoms with Crippen molar-refractivity contribution in [2.45, 2.75) is 32.9 Å². The first-order chi connectivity index (χ1) is 8.10. The molecule has 0 aliphatic heterocycles. The van der Waals surface area contributed by atoms with Crippen LogP contribution in [0.3, 0.4) is 0 Å². The van der Waals surface area contributed by atoms with E-state index in [0.717, 1.165) is 12.1 Å². The van der Waals surface area contributed by atoms with Crippen molar-refractivity contribution >= 4 is 23.2 Å². The third-order valence-corrected chi connectivity index (χ3v) is 3.36. The Bertz CT molecular complexity index is 357. The standard InChI is InChI=1S/C13H19Cl2NO/c1-4-16-13(9(3)17-5-2)10-6-7-11(14)12(15)8-10/h6-9,13,16H,4-5H2,1-3H3. The van der Waals surface area contributed by atoms with Crippen LogP contribution < -0.4 is 5.32 Å². The molecule has 0 aromatic heterocycles. The lowest BCUT2D eigenvalue weighted by Crippen LogP contribution is -2.32. The summed E-state index contributed by atoms with van der Waals surface area (Å²) in [6.07, 6.45) is 0.0946. The number of hydrogen-bond acceptors (Lipinski definition) is 2. The highest BCUT2D eigenvalue weighted by molar-refractivity contribution is 6.42. The third kappa shape index (κ3) is 4.14. The highest BCUT2D eigenvalue weighted by atomic mass is 35.5. The Morgan fingerprint density at radius 2 is 1.94 bits per heavy atom. The zero-order chi connectivity index (χ0) is 12.8. The van der Waals surface area contributed by atoms with E-state index in [2.05, 4.69) is 19.2 Å². The van der Waals surface area contributed by atoms with Crippen LogP contribution in [0.15, 0.2) is 18.2 Å². The van der Waals surface area contributed by atoms with E-state index in [-0.39, 0.29) is 12.1 Å². The molecule has 0 radical (unpaired) electrons. The molecule has 0 bridgehead atoms. The maximum atomic E-state index is 6.04. The summed E-state index contributed by atoms with van der Waals surface area (Å²) >= 11 is 12.0. The molecule has 0 aliphatic carbocycles. The van der Waals surface area contributed by atoms with Gasteiger partial charge in [0.2, 0.25) is 0 Å². The van der Waals surface area contributed by atoms with E-state index in [9.17, 15) is 0 Å². The van der Waals surface area contributed by atoms with Crippen molar-refractivity contribution in [3.05, 3.63) is 33.8 Å². The van der Waals surface area contributed by atoms with Gasteiger partial charge in [0.15, 0.2) is 0 Å². The van der Waals surface area contributed by atoms with Crippen molar-refractivity contribution in [2.75, 3.05) is 13.2 Å². The fraction of sp³-hybridized carbons (Fsp3) is 0.538. The van der Waals surface area contributed by atoms with Crippen LogP contribution in [0.25, 0.3) is 0 Å². The summed E-state index contributed by atoms with van der Waals surface area (Å²) in [5.41, 5.74) is 1.10. The van der Waals surface area contributed by atoms with Crippen LogP contribution in [0.4, 0.5) is 0 Å². The fourth-order valence-electron chi connectivity index (χ4n) is 1.84. The Balaban J connectivity index is 2.92. The lowest BCUT2D eigenvalue weighted by molar-refractivity contribution is 0.0477. The number of ether oxygens (including phenoxy) is 1. The first kappa shape index (κ1) is 14.8. The van der Waals surface area contributed by atoms with Crippen LogP contribution in [0.5, 0.6) is 0 Å². The summed E-state index contributed by atoms with van der Waals surface area (Å²) in [6, 6.07) is 5.83. The van der Waals surface area contributed by atoms with Gasteiger partial charge in [-0.25, -0.2) is 0 Å². The molecule has 1 N–H and O–H groups in total. The second kappa shape index (κ2) is 7.22. The van der Waals surface area contributed by atoms with E-state index < -0.39 is 0 Å². The van der Waals surface area contributed by atoms with Gasteiger partial charge in [-0.3, -0.25) is 0 Å². The molecule has 1 rings (SSSR count). The third-order valence-electron chi connectivity index (χ3n) is 2.63. The summed E-state index contributed by atoms with van der Waals surface area (Å²) < 4.78 is 5.64. The van der Waals surface area contributed by atoms with E-state index >= 15 is 0 Å². The molecule has 0 saturated heterocycles. The largest absolute Gasteiger partial charge is 0.377 e. The normalized spacial score (nSPS) is 14.6. The van der Waals surface area contributed by atoms with Crippen LogP contribution in [0, 0.1) is 0 Å². The quantitative estimate of drug-likeness (QED) is 0.845. The monoisotopic (exact) mass is 275 g/mol. The highest BCUT2D eigenvalue weighted by Crippen LogP contribution is 2.27. The molecule has 1 aromatic rings. The summed E-state index contributed by atoms with van der Waals surface area (Å²) in [5.74, 6) is 0. The summed E-state index contributed by atoms with van der Waals surface area (Å²) in [4.78, 5) is 0. The van der Waals surface area contributed by atoms with Crippen molar-refractivity contribution in [1.82, 2.24) is 5.32 Å². The summed E-state index contributed by atoms with van der Waals surface area (Å²) in [7, 11) is 0. The number of hydrogen-bond donors (Lipinski definition) is 1. The van der Waals surface area contributed by atoms with Gasteiger partial charge in [-0.2, -0.15) is 0 Å². The molecule has 0 aliphatic rings. The SMILES string of the molecule is CCNC(c1ccc(Cl)c(Cl)c1)C(C)OCC. The smallest absolute Gasteiger partial charge is 0.0741 e. The van der Waals surface area contributed by atoms with E-state index in [0.29, 0.717) is 16.7 Å². The first-order valence-corrected chi connectivity index (χ1v) is 6.65. The summed E-state index contributed by atoms with van der Waals surface area (Å²) in [6.45, 7) is 7.70. The lowest BCUT2D eigenvalue weighted by Gasteiger charge is -2.25. The van der Waals surface area contributed by atoms with Gasteiger partial charge in [-0.1, -0.05) is 36.2 Å². The predicted octanol–water partition coefficient (Wildman–Crippen LogP) is 4.07. The highest BCUT2D eigenvalue weighted by Gasteiger charge is 2.19. The fourth-order valence-corrected chi connectivity index (χ4v) is 2.15. The molecule has 2 unspecified atom stereocenters. The summed E-state index contributed by atoms with van der Waals surface area (Å²) in [5, 5.41) is 4.56. The van der Waals surface area contributed by atoms with Gasteiger partial charge < -0.3 is 10.1 Å². The maximum Gasteiger partial charge on any atom is 0.0741 e. The molecular weight excluding hydrogens is 257 g/mol. The predicted molar refractivity (Wildman–Crippen MR) is 74.0 cm³/mol. The van der Waals surface area contributed by atoms with Crippen LogP contribution in [-0.4, -0.2) is 19.3 Å². The number of benzene rings is 1. The molecule has 4 heteroatoms. The molecule has 96 valence electrons. The van der Waals surface area contributed by atoms with Crippen molar-refractivity contribution < 1.29 is 4.74 Å². The Kier molecular flexibility index (Phi) is 6.28. The van der Waals surface area contributed by atoms with E-state index in [1.807, 2.05) is 25.1 Å². The zero-order valence-electron chi connectivity index (χ0n) is 10.5. The Labute approximate surface area is 113 Å². The minimum Gasteiger partial charge on any atom is -0.377 e. The van der Waals surface area contributed by atoms with Gasteiger partial charge in [0.05, 0.1) is 22.2 Å². The average Bonchev–Trinajstić information content (AvgIpc) is 2.30. The molecule has 0 heterocycles. The number of likely N-dealkylation sites (N-methyl/N-ethyl adjacent to an activating group) is 1. The number of rotatable bonds is 6. The molecule has 0 saturated carbocycles. The van der Waals surface area contributed by atoms with Gasteiger partial charge in [0, 0.05) is 6.61 Å². The average molecular weight is 276 g/mol. The molecule has 2 nitrogen and oxygen atoms in total. The Morgan fingerprint density at radius 3 is 2.47 bits per heavy atom. The first-order valence-electron chi connectivity index (χ1n) is 5.90. The molecule has 0 fully saturated rings. The molecular formula is C13H19Cl2NO. The van der Waals surface area contributed by atoms with E-state index in [1.54, 1.807) is 0 Å². The second-order valence-corrected chi connectivity index (χ2v) is 4.68. The number of nitrogens with one attached hydrogen (secondary N) is 1. The van der Waals surface area contributed by atoms with Gasteiger partial charge in [0.1, 0.15) is 0 Å². The maximum absolute atomic E-state index is 6.04. The topological polar surface area (TPSA) is 21.3 Å². The Morgan fingerprint density at radius 1 is 1.24 bits per heavy atom. The van der Waals surface area contributed by atoms with Crippen molar-refractivity contribution in [3.8, 4) is 0 Å². The van der Waals surface area contributed by atoms with Crippen molar-refractivity contribution in [1.29, 1.82) is 0 Å². The molecule has 1 aromatic carbocycles. The second-order valence-electron chi connectivity index (χ2n) is 3.87. The minimum atomic E-state index is 0.0946. The van der Waals surface area contributed by atoms with Crippen LogP contribution in [-0.2, 0) is 4.74 Å². The molecule has 0 spiro atoms. The molecule has 0 amide bonds. The van der Waals surface area contributed by atoms with E-state index in [1.165, 1.54) is 0 Å². The van der Waals surface area contributed by atoms with Gasteiger partial charge in [-0.15, -0.1) is 0 Å². The van der Waals surface area contributed by atoms with Crippen LogP contribution >= 0.6 is 23.2 Å². The van der Waals surface area contributed by atoms with Gasteiger partial charge in [-0.05, 0) is 38.1 Å². The van der Waals surface area contributed by atoms with Gasteiger partial charge >= 0.3 is 0 Å². The molecule has 2 atom stereocenters. The van der Waals surface area contributed by atoms with Crippen molar-refractivity contribution in [3.63, 3.8) is 0 Å². The minimum absolute atomic E-state index is 0.0946. The van der Waals surface area contributed by atoms with Crippen LogP contribution in [0.2, 0.25) is 10.0 Å². The Hall–Kier alpha value is -0.280. The van der Waals surface area contributed by atoms with Crippen molar-refractivity contribution in [2.24, 2.45) is 0 Å². The van der Waals surface area contributed by atoms with Crippen LogP contribution in [0.1, 0.15) is 32.4 Å².